The number of hydrogen-bond donors (Lipinski definition) is 1. The Bertz CT molecular complexity index is 481. The largest absolute Gasteiger partial charge is 0.308 e. The molecule has 0 fully saturated rings. The van der Waals surface area contributed by atoms with Gasteiger partial charge in [-0.2, -0.15) is 0 Å². The molecule has 0 spiro atoms. The van der Waals surface area contributed by atoms with Gasteiger partial charge in [0, 0.05) is 10.4 Å². The number of nitrogens with zero attached hydrogens (tertiary/aromatic N) is 1. The molecule has 0 bridgehead atoms. The Morgan fingerprint density at radius 3 is 2.69 bits per heavy atom. The molecular formula is C12H13ClN2S. The van der Waals surface area contributed by atoms with Gasteiger partial charge in [0.05, 0.1) is 16.7 Å². The third-order valence-corrected chi connectivity index (χ3v) is 3.57. The second-order valence-corrected chi connectivity index (χ2v) is 5.00. The van der Waals surface area contributed by atoms with Crippen LogP contribution in [0.4, 0.5) is 0 Å². The van der Waals surface area contributed by atoms with Gasteiger partial charge in [0.2, 0.25) is 0 Å². The summed E-state index contributed by atoms with van der Waals surface area (Å²) >= 11 is 7.84. The number of halogens is 1. The standard InChI is InChI=1S/C12H13ClN2S/c1-8-15-11(7-16-8)12(14-2)9-5-3-4-6-10(9)13/h3-7,12,14H,1-2H3. The van der Waals surface area contributed by atoms with E-state index in [0.717, 1.165) is 21.3 Å². The summed E-state index contributed by atoms with van der Waals surface area (Å²) in [5.74, 6) is 0. The lowest BCUT2D eigenvalue weighted by atomic mass is 10.0. The van der Waals surface area contributed by atoms with E-state index in [4.69, 9.17) is 11.6 Å². The highest BCUT2D eigenvalue weighted by Crippen LogP contribution is 2.28. The highest BCUT2D eigenvalue weighted by atomic mass is 35.5. The van der Waals surface area contributed by atoms with Gasteiger partial charge in [-0.25, -0.2) is 4.98 Å². The Balaban J connectivity index is 2.40. The maximum atomic E-state index is 6.19. The van der Waals surface area contributed by atoms with Crippen molar-refractivity contribution < 1.29 is 0 Å². The molecule has 2 nitrogen and oxygen atoms in total. The van der Waals surface area contributed by atoms with E-state index in [1.807, 2.05) is 38.2 Å². The molecule has 0 aliphatic heterocycles. The average molecular weight is 253 g/mol. The maximum absolute atomic E-state index is 6.19. The van der Waals surface area contributed by atoms with Crippen LogP contribution < -0.4 is 5.32 Å². The molecule has 0 radical (unpaired) electrons. The van der Waals surface area contributed by atoms with Crippen molar-refractivity contribution in [1.29, 1.82) is 0 Å². The zero-order valence-electron chi connectivity index (χ0n) is 9.20. The van der Waals surface area contributed by atoms with Crippen LogP contribution in [-0.4, -0.2) is 12.0 Å². The first-order chi connectivity index (χ1) is 7.72. The number of aromatic nitrogens is 1. The highest BCUT2D eigenvalue weighted by molar-refractivity contribution is 7.09. The monoisotopic (exact) mass is 252 g/mol. The summed E-state index contributed by atoms with van der Waals surface area (Å²) in [6.45, 7) is 2.01. The number of benzene rings is 1. The summed E-state index contributed by atoms with van der Waals surface area (Å²) < 4.78 is 0. The van der Waals surface area contributed by atoms with E-state index in [1.165, 1.54) is 0 Å². The first kappa shape index (κ1) is 11.6. The quantitative estimate of drug-likeness (QED) is 0.906. The predicted molar refractivity (Wildman–Crippen MR) is 69.2 cm³/mol. The SMILES string of the molecule is CNC(c1csc(C)n1)c1ccccc1Cl. The van der Waals surface area contributed by atoms with Crippen LogP contribution in [0.2, 0.25) is 5.02 Å². The molecule has 0 aliphatic rings. The molecule has 4 heteroatoms. The summed E-state index contributed by atoms with van der Waals surface area (Å²) in [6, 6.07) is 7.92. The molecule has 0 amide bonds. The summed E-state index contributed by atoms with van der Waals surface area (Å²) in [7, 11) is 1.92. The molecule has 84 valence electrons. The molecule has 1 aromatic carbocycles. The Hall–Kier alpha value is -0.900. The van der Waals surface area contributed by atoms with E-state index in [2.05, 4.69) is 15.7 Å². The van der Waals surface area contributed by atoms with Crippen molar-refractivity contribution in [3.63, 3.8) is 0 Å². The van der Waals surface area contributed by atoms with Crippen LogP contribution in [0.3, 0.4) is 0 Å². The Kier molecular flexibility index (Phi) is 3.59. The molecule has 2 aromatic rings. The second kappa shape index (κ2) is 4.95. The van der Waals surface area contributed by atoms with E-state index < -0.39 is 0 Å². The van der Waals surface area contributed by atoms with Gasteiger partial charge in [-0.05, 0) is 25.6 Å². The van der Waals surface area contributed by atoms with Crippen molar-refractivity contribution in [2.24, 2.45) is 0 Å². The summed E-state index contributed by atoms with van der Waals surface area (Å²) in [6.07, 6.45) is 0. The van der Waals surface area contributed by atoms with Crippen molar-refractivity contribution >= 4 is 22.9 Å². The topological polar surface area (TPSA) is 24.9 Å². The zero-order chi connectivity index (χ0) is 11.5. The van der Waals surface area contributed by atoms with Gasteiger partial charge in [-0.1, -0.05) is 29.8 Å². The summed E-state index contributed by atoms with van der Waals surface area (Å²) in [4.78, 5) is 4.50. The molecule has 0 saturated heterocycles. The van der Waals surface area contributed by atoms with E-state index in [0.29, 0.717) is 0 Å². The predicted octanol–water partition coefficient (Wildman–Crippen LogP) is 3.41. The first-order valence-corrected chi connectivity index (χ1v) is 6.32. The lowest BCUT2D eigenvalue weighted by Gasteiger charge is -2.15. The molecule has 1 aromatic heterocycles. The fraction of sp³-hybridized carbons (Fsp3) is 0.250. The Labute approximate surface area is 104 Å². The molecule has 1 atom stereocenters. The Morgan fingerprint density at radius 2 is 2.12 bits per heavy atom. The van der Waals surface area contributed by atoms with Crippen molar-refractivity contribution in [1.82, 2.24) is 10.3 Å². The molecule has 0 aliphatic carbocycles. The van der Waals surface area contributed by atoms with Crippen LogP contribution >= 0.6 is 22.9 Å². The number of hydrogen-bond acceptors (Lipinski definition) is 3. The molecule has 2 rings (SSSR count). The first-order valence-electron chi connectivity index (χ1n) is 5.06. The zero-order valence-corrected chi connectivity index (χ0v) is 10.8. The lowest BCUT2D eigenvalue weighted by molar-refractivity contribution is 0.674. The van der Waals surface area contributed by atoms with E-state index >= 15 is 0 Å². The molecule has 1 heterocycles. The van der Waals surface area contributed by atoms with E-state index in [9.17, 15) is 0 Å². The van der Waals surface area contributed by atoms with Crippen LogP contribution in [0.5, 0.6) is 0 Å². The molecule has 1 N–H and O–H groups in total. The minimum atomic E-state index is 0.0682. The van der Waals surface area contributed by atoms with Gasteiger partial charge in [0.25, 0.3) is 0 Å². The van der Waals surface area contributed by atoms with Crippen molar-refractivity contribution in [2.45, 2.75) is 13.0 Å². The number of rotatable bonds is 3. The average Bonchev–Trinajstić information content (AvgIpc) is 2.69. The molecule has 1 unspecified atom stereocenters. The number of aryl methyl sites for hydroxylation is 1. The van der Waals surface area contributed by atoms with Crippen molar-refractivity contribution in [2.75, 3.05) is 7.05 Å². The van der Waals surface area contributed by atoms with Crippen LogP contribution in [0.25, 0.3) is 0 Å². The highest BCUT2D eigenvalue weighted by Gasteiger charge is 2.16. The third kappa shape index (κ3) is 2.26. The van der Waals surface area contributed by atoms with Crippen LogP contribution in [-0.2, 0) is 0 Å². The fourth-order valence-electron chi connectivity index (χ4n) is 1.68. The van der Waals surface area contributed by atoms with Crippen LogP contribution in [0.1, 0.15) is 22.3 Å². The van der Waals surface area contributed by atoms with Gasteiger partial charge < -0.3 is 5.32 Å². The second-order valence-electron chi connectivity index (χ2n) is 3.53. The normalized spacial score (nSPS) is 12.7. The van der Waals surface area contributed by atoms with Gasteiger partial charge in [-0.3, -0.25) is 0 Å². The summed E-state index contributed by atoms with van der Waals surface area (Å²) in [5, 5.41) is 7.16. The van der Waals surface area contributed by atoms with Crippen LogP contribution in [0.15, 0.2) is 29.6 Å². The molecule has 0 saturated carbocycles. The van der Waals surface area contributed by atoms with Gasteiger partial charge in [-0.15, -0.1) is 11.3 Å². The van der Waals surface area contributed by atoms with E-state index in [-0.39, 0.29) is 6.04 Å². The van der Waals surface area contributed by atoms with Gasteiger partial charge >= 0.3 is 0 Å². The van der Waals surface area contributed by atoms with Gasteiger partial charge in [0.15, 0.2) is 0 Å². The van der Waals surface area contributed by atoms with Crippen molar-refractivity contribution in [3.05, 3.63) is 50.9 Å². The van der Waals surface area contributed by atoms with Crippen molar-refractivity contribution in [3.8, 4) is 0 Å². The van der Waals surface area contributed by atoms with Crippen LogP contribution in [0, 0.1) is 6.92 Å². The maximum Gasteiger partial charge on any atom is 0.0898 e. The molecular weight excluding hydrogens is 240 g/mol. The molecule has 16 heavy (non-hydrogen) atoms. The third-order valence-electron chi connectivity index (χ3n) is 2.44. The number of nitrogens with one attached hydrogen (secondary N) is 1. The Morgan fingerprint density at radius 1 is 1.38 bits per heavy atom. The number of thiazole rings is 1. The van der Waals surface area contributed by atoms with Gasteiger partial charge in [0.1, 0.15) is 0 Å². The summed E-state index contributed by atoms with van der Waals surface area (Å²) in [5.41, 5.74) is 2.09. The minimum Gasteiger partial charge on any atom is -0.308 e. The van der Waals surface area contributed by atoms with E-state index in [1.54, 1.807) is 11.3 Å². The fourth-order valence-corrected chi connectivity index (χ4v) is 2.57. The smallest absolute Gasteiger partial charge is 0.0898 e. The lowest BCUT2D eigenvalue weighted by Crippen LogP contribution is -2.18. The minimum absolute atomic E-state index is 0.0682.